The minimum atomic E-state index is -1.14. The van der Waals surface area contributed by atoms with Crippen LogP contribution in [0.4, 0.5) is 0 Å². The molecule has 0 saturated heterocycles. The highest BCUT2D eigenvalue weighted by atomic mass is 16.4. The number of hydrogen-bond donors (Lipinski definition) is 1. The van der Waals surface area contributed by atoms with Gasteiger partial charge in [-0.25, -0.2) is 0 Å². The average molecular weight is 270 g/mol. The lowest BCUT2D eigenvalue weighted by Crippen LogP contribution is -2.54. The lowest BCUT2D eigenvalue weighted by atomic mass is 9.67. The molecule has 1 rings (SSSR count). The van der Waals surface area contributed by atoms with Gasteiger partial charge in [0, 0.05) is 19.6 Å². The number of nitrogens with zero attached hydrogens (tertiary/aromatic N) is 2. The van der Waals surface area contributed by atoms with E-state index in [4.69, 9.17) is 0 Å². The summed E-state index contributed by atoms with van der Waals surface area (Å²) in [5.74, 6) is -0.804. The Labute approximate surface area is 115 Å². The number of likely N-dealkylation sites (N-methyl/N-ethyl adjacent to an activating group) is 1. The lowest BCUT2D eigenvalue weighted by Gasteiger charge is -2.40. The predicted molar refractivity (Wildman–Crippen MR) is 73.9 cm³/mol. The molecule has 1 aliphatic carbocycles. The van der Waals surface area contributed by atoms with E-state index < -0.39 is 11.4 Å². The Morgan fingerprint density at radius 1 is 1.21 bits per heavy atom. The van der Waals surface area contributed by atoms with Gasteiger partial charge in [0.25, 0.3) is 0 Å². The van der Waals surface area contributed by atoms with Crippen LogP contribution < -0.4 is 0 Å². The Kier molecular flexibility index (Phi) is 5.35. The molecule has 0 aromatic heterocycles. The largest absolute Gasteiger partial charge is 0.480 e. The first-order valence-corrected chi connectivity index (χ1v) is 6.97. The first kappa shape index (κ1) is 16.0. The SMILES string of the molecule is CC(C)CN(CCN(C)C)C(=O)C1(C(=O)O)CCC1. The van der Waals surface area contributed by atoms with Gasteiger partial charge < -0.3 is 14.9 Å². The van der Waals surface area contributed by atoms with E-state index in [-0.39, 0.29) is 5.91 Å². The summed E-state index contributed by atoms with van der Waals surface area (Å²) in [7, 11) is 3.91. The first-order valence-electron chi connectivity index (χ1n) is 6.97. The molecule has 0 aliphatic heterocycles. The minimum Gasteiger partial charge on any atom is -0.480 e. The number of hydrogen-bond acceptors (Lipinski definition) is 3. The fourth-order valence-electron chi connectivity index (χ4n) is 2.39. The van der Waals surface area contributed by atoms with E-state index in [9.17, 15) is 14.7 Å². The van der Waals surface area contributed by atoms with E-state index in [0.717, 1.165) is 13.0 Å². The number of carboxylic acid groups (broad SMARTS) is 1. The third kappa shape index (κ3) is 3.69. The van der Waals surface area contributed by atoms with E-state index in [1.54, 1.807) is 4.90 Å². The average Bonchev–Trinajstić information content (AvgIpc) is 2.20. The van der Waals surface area contributed by atoms with Crippen molar-refractivity contribution in [2.75, 3.05) is 33.7 Å². The van der Waals surface area contributed by atoms with Crippen molar-refractivity contribution in [2.45, 2.75) is 33.1 Å². The second-order valence-corrected chi connectivity index (χ2v) is 6.19. The first-order chi connectivity index (χ1) is 8.79. The Hall–Kier alpha value is -1.10. The van der Waals surface area contributed by atoms with E-state index in [1.807, 2.05) is 32.8 Å². The van der Waals surface area contributed by atoms with Crippen LogP contribution in [0.2, 0.25) is 0 Å². The van der Waals surface area contributed by atoms with Crippen molar-refractivity contribution in [2.24, 2.45) is 11.3 Å². The number of rotatable bonds is 7. The minimum absolute atomic E-state index is 0.193. The predicted octanol–water partition coefficient (Wildman–Crippen LogP) is 1.29. The molecule has 5 heteroatoms. The molecule has 1 saturated carbocycles. The fraction of sp³-hybridized carbons (Fsp3) is 0.857. The van der Waals surface area contributed by atoms with Crippen molar-refractivity contribution < 1.29 is 14.7 Å². The molecule has 0 heterocycles. The molecule has 0 bridgehead atoms. The number of carbonyl (C=O) groups is 2. The highest BCUT2D eigenvalue weighted by Crippen LogP contribution is 2.42. The van der Waals surface area contributed by atoms with Crippen LogP contribution in [-0.4, -0.2) is 60.5 Å². The molecule has 19 heavy (non-hydrogen) atoms. The molecule has 5 nitrogen and oxygen atoms in total. The maximum atomic E-state index is 12.6. The Morgan fingerprint density at radius 2 is 1.79 bits per heavy atom. The van der Waals surface area contributed by atoms with Gasteiger partial charge in [-0.3, -0.25) is 9.59 Å². The fourth-order valence-corrected chi connectivity index (χ4v) is 2.39. The maximum absolute atomic E-state index is 12.6. The number of carbonyl (C=O) groups excluding carboxylic acids is 1. The molecule has 0 atom stereocenters. The molecule has 1 fully saturated rings. The zero-order valence-corrected chi connectivity index (χ0v) is 12.5. The van der Waals surface area contributed by atoms with E-state index in [0.29, 0.717) is 31.8 Å². The zero-order chi connectivity index (χ0) is 14.6. The van der Waals surface area contributed by atoms with Crippen molar-refractivity contribution in [3.63, 3.8) is 0 Å². The second kappa shape index (κ2) is 6.37. The number of carboxylic acids is 1. The van der Waals surface area contributed by atoms with Crippen LogP contribution in [0.1, 0.15) is 33.1 Å². The van der Waals surface area contributed by atoms with E-state index in [2.05, 4.69) is 0 Å². The Balaban J connectivity index is 2.78. The molecular weight excluding hydrogens is 244 g/mol. The van der Waals surface area contributed by atoms with Gasteiger partial charge in [-0.05, 0) is 32.9 Å². The van der Waals surface area contributed by atoms with Crippen LogP contribution in [0.25, 0.3) is 0 Å². The number of aliphatic carboxylic acids is 1. The van der Waals surface area contributed by atoms with Gasteiger partial charge in [0.2, 0.25) is 5.91 Å². The van der Waals surface area contributed by atoms with E-state index >= 15 is 0 Å². The molecule has 0 aromatic rings. The Morgan fingerprint density at radius 3 is 2.11 bits per heavy atom. The lowest BCUT2D eigenvalue weighted by molar-refractivity contribution is -0.167. The summed E-state index contributed by atoms with van der Waals surface area (Å²) in [6.07, 6.45) is 1.80. The summed E-state index contributed by atoms with van der Waals surface area (Å²) in [6, 6.07) is 0. The Bertz CT molecular complexity index is 336. The monoisotopic (exact) mass is 270 g/mol. The van der Waals surface area contributed by atoms with Crippen LogP contribution in [0.5, 0.6) is 0 Å². The van der Waals surface area contributed by atoms with Crippen molar-refractivity contribution >= 4 is 11.9 Å². The van der Waals surface area contributed by atoms with Crippen LogP contribution >= 0.6 is 0 Å². The van der Waals surface area contributed by atoms with Gasteiger partial charge >= 0.3 is 5.97 Å². The molecule has 0 aromatic carbocycles. The van der Waals surface area contributed by atoms with Gasteiger partial charge in [-0.1, -0.05) is 20.3 Å². The molecule has 0 radical (unpaired) electrons. The summed E-state index contributed by atoms with van der Waals surface area (Å²) in [4.78, 5) is 27.7. The molecule has 1 N–H and O–H groups in total. The summed E-state index contributed by atoms with van der Waals surface area (Å²) in [5.41, 5.74) is -1.14. The van der Waals surface area contributed by atoms with E-state index in [1.165, 1.54) is 0 Å². The third-order valence-corrected chi connectivity index (χ3v) is 3.72. The van der Waals surface area contributed by atoms with Gasteiger partial charge in [0.1, 0.15) is 5.41 Å². The quantitative estimate of drug-likeness (QED) is 0.708. The zero-order valence-electron chi connectivity index (χ0n) is 12.5. The van der Waals surface area contributed by atoms with Crippen molar-refractivity contribution in [3.05, 3.63) is 0 Å². The molecular formula is C14H26N2O3. The summed E-state index contributed by atoms with van der Waals surface area (Å²) >= 11 is 0. The molecule has 1 amide bonds. The van der Waals surface area contributed by atoms with Crippen molar-refractivity contribution in [1.29, 1.82) is 0 Å². The number of amides is 1. The van der Waals surface area contributed by atoms with Gasteiger partial charge in [-0.2, -0.15) is 0 Å². The van der Waals surface area contributed by atoms with Crippen LogP contribution in [0, 0.1) is 11.3 Å². The van der Waals surface area contributed by atoms with Crippen molar-refractivity contribution in [3.8, 4) is 0 Å². The van der Waals surface area contributed by atoms with Gasteiger partial charge in [0.05, 0.1) is 0 Å². The standard InChI is InChI=1S/C14H26N2O3/c1-11(2)10-16(9-8-15(3)4)12(17)14(13(18)19)6-5-7-14/h11H,5-10H2,1-4H3,(H,18,19). The van der Waals surface area contributed by atoms with Crippen LogP contribution in [0.3, 0.4) is 0 Å². The molecule has 110 valence electrons. The molecule has 1 aliphatic rings. The molecule has 0 spiro atoms. The summed E-state index contributed by atoms with van der Waals surface area (Å²) in [5, 5.41) is 9.36. The van der Waals surface area contributed by atoms with Gasteiger partial charge in [-0.15, -0.1) is 0 Å². The summed E-state index contributed by atoms with van der Waals surface area (Å²) < 4.78 is 0. The highest BCUT2D eigenvalue weighted by Gasteiger charge is 2.52. The van der Waals surface area contributed by atoms with Crippen LogP contribution in [-0.2, 0) is 9.59 Å². The molecule has 0 unspecified atom stereocenters. The highest BCUT2D eigenvalue weighted by molar-refractivity contribution is 6.02. The van der Waals surface area contributed by atoms with Crippen LogP contribution in [0.15, 0.2) is 0 Å². The van der Waals surface area contributed by atoms with Crippen molar-refractivity contribution in [1.82, 2.24) is 9.80 Å². The maximum Gasteiger partial charge on any atom is 0.319 e. The topological polar surface area (TPSA) is 60.9 Å². The second-order valence-electron chi connectivity index (χ2n) is 6.19. The van der Waals surface area contributed by atoms with Gasteiger partial charge in [0.15, 0.2) is 0 Å². The summed E-state index contributed by atoms with van der Waals surface area (Å²) in [6.45, 7) is 6.07. The third-order valence-electron chi connectivity index (χ3n) is 3.72. The normalized spacial score (nSPS) is 17.4. The smallest absolute Gasteiger partial charge is 0.319 e.